The zero-order valence-electron chi connectivity index (χ0n) is 24.1. The molecule has 1 aromatic carbocycles. The maximum Gasteiger partial charge on any atom is 0.482 e. The minimum absolute atomic E-state index is 0.0314. The lowest BCUT2D eigenvalue weighted by molar-refractivity contribution is -0.199. The van der Waals surface area contributed by atoms with Crippen LogP contribution >= 0.6 is 0 Å². The van der Waals surface area contributed by atoms with E-state index in [9.17, 15) is 14.7 Å². The van der Waals surface area contributed by atoms with Crippen LogP contribution in [0.3, 0.4) is 0 Å². The summed E-state index contributed by atoms with van der Waals surface area (Å²) in [5.41, 5.74) is 0.201. The number of nitrogens with one attached hydrogen (secondary N) is 1. The number of carbonyl (C=O) groups excluding carboxylic acids is 2. The highest BCUT2D eigenvalue weighted by molar-refractivity contribution is 6.48. The van der Waals surface area contributed by atoms with Gasteiger partial charge in [0.1, 0.15) is 16.9 Å². The molecule has 3 aliphatic carbocycles. The van der Waals surface area contributed by atoms with Crippen LogP contribution in [0.4, 0.5) is 0 Å². The number of carbonyl (C=O) groups is 2. The summed E-state index contributed by atoms with van der Waals surface area (Å²) >= 11 is 0. The van der Waals surface area contributed by atoms with Crippen LogP contribution in [0.2, 0.25) is 0 Å². The Morgan fingerprint density at radius 1 is 1.24 bits per heavy atom. The summed E-state index contributed by atoms with van der Waals surface area (Å²) < 4.78 is 24.5. The molecule has 0 aromatic heterocycles. The maximum absolute atomic E-state index is 12.9. The predicted molar refractivity (Wildman–Crippen MR) is 145 cm³/mol. The van der Waals surface area contributed by atoms with Crippen LogP contribution in [0.25, 0.3) is 0 Å². The third-order valence-electron chi connectivity index (χ3n) is 8.79. The molecular weight excluding hydrogens is 485 g/mol. The highest BCUT2D eigenvalue weighted by Gasteiger charge is 2.68. The lowest BCUT2D eigenvalue weighted by Crippen LogP contribution is -2.65. The second-order valence-electron chi connectivity index (χ2n) is 13.1. The molecule has 0 radical (unpaired) electrons. The Bertz CT molecular complexity index is 1050. The van der Waals surface area contributed by atoms with E-state index in [4.69, 9.17) is 18.8 Å². The number of para-hydroxylation sites is 1. The Labute approximate surface area is 227 Å². The van der Waals surface area contributed by atoms with Crippen molar-refractivity contribution in [3.8, 4) is 5.75 Å². The second kappa shape index (κ2) is 10.5. The molecule has 6 unspecified atom stereocenters. The van der Waals surface area contributed by atoms with Crippen molar-refractivity contribution in [3.05, 3.63) is 29.3 Å². The molecule has 2 bridgehead atoms. The Kier molecular flexibility index (Phi) is 7.96. The minimum atomic E-state index is -0.649. The normalized spacial score (nSPS) is 29.1. The fourth-order valence-corrected chi connectivity index (χ4v) is 6.62. The molecule has 6 atom stereocenters. The van der Waals surface area contributed by atoms with E-state index in [2.05, 4.69) is 26.1 Å². The van der Waals surface area contributed by atoms with Gasteiger partial charge in [-0.15, -0.1) is 0 Å². The van der Waals surface area contributed by atoms with Crippen molar-refractivity contribution < 1.29 is 33.5 Å². The van der Waals surface area contributed by atoms with Crippen molar-refractivity contribution in [3.63, 3.8) is 0 Å². The number of methoxy groups -OCH3 is 1. The molecule has 1 heterocycles. The standard InChI is InChI=1S/C29H44BNO7/c1-17(32)12-13-24(33)31-23(30-37-22-16-19-15-21(28(19,5)6)29(22,7)38-30)14-18-10-9-11-20(25(18)35-8)26(34)36-27(2,3)4/h9-11,17,19,21-23,32H,12-16H2,1-8H3,(H,31,33). The number of aliphatic hydroxyl groups is 1. The van der Waals surface area contributed by atoms with Gasteiger partial charge in [0.05, 0.1) is 30.9 Å². The minimum Gasteiger partial charge on any atom is -0.496 e. The van der Waals surface area contributed by atoms with Crippen LogP contribution in [0.5, 0.6) is 5.75 Å². The van der Waals surface area contributed by atoms with E-state index in [0.717, 1.165) is 18.4 Å². The highest BCUT2D eigenvalue weighted by atomic mass is 16.7. The number of benzene rings is 1. The van der Waals surface area contributed by atoms with Crippen molar-refractivity contribution in [2.75, 3.05) is 7.11 Å². The van der Waals surface area contributed by atoms with E-state index in [-0.39, 0.29) is 23.8 Å². The number of amides is 1. The second-order valence-corrected chi connectivity index (χ2v) is 13.1. The largest absolute Gasteiger partial charge is 0.496 e. The molecule has 5 rings (SSSR count). The van der Waals surface area contributed by atoms with Gasteiger partial charge in [0.2, 0.25) is 5.91 Å². The number of hydrogen-bond acceptors (Lipinski definition) is 7. The van der Waals surface area contributed by atoms with Crippen LogP contribution in [-0.2, 0) is 25.3 Å². The number of rotatable bonds is 9. The SMILES string of the molecule is COc1c(CC(NC(=O)CCC(C)O)B2OC3CC4CC(C4(C)C)C3(C)O2)cccc1C(=O)OC(C)(C)C. The molecule has 1 saturated heterocycles. The lowest BCUT2D eigenvalue weighted by atomic mass is 9.43. The van der Waals surface area contributed by atoms with Gasteiger partial charge in [0.25, 0.3) is 0 Å². The molecule has 3 saturated carbocycles. The summed E-state index contributed by atoms with van der Waals surface area (Å²) in [6, 6.07) is 5.35. The number of hydrogen-bond donors (Lipinski definition) is 2. The molecule has 0 spiro atoms. The Balaban J connectivity index is 1.60. The van der Waals surface area contributed by atoms with Crippen molar-refractivity contribution in [1.29, 1.82) is 0 Å². The molecular formula is C29H44BNO7. The number of esters is 1. The summed E-state index contributed by atoms with van der Waals surface area (Å²) in [5.74, 6) is 0.243. The van der Waals surface area contributed by atoms with Gasteiger partial charge < -0.3 is 29.2 Å². The zero-order chi connectivity index (χ0) is 28.0. The first kappa shape index (κ1) is 28.9. The van der Waals surface area contributed by atoms with Crippen LogP contribution < -0.4 is 10.1 Å². The quantitative estimate of drug-likeness (QED) is 0.367. The number of ether oxygens (including phenoxy) is 2. The molecule has 2 N–H and O–H groups in total. The summed E-state index contributed by atoms with van der Waals surface area (Å²) in [7, 11) is 0.877. The Morgan fingerprint density at radius 2 is 1.95 bits per heavy atom. The first-order valence-electron chi connectivity index (χ1n) is 13.9. The van der Waals surface area contributed by atoms with Gasteiger partial charge >= 0.3 is 13.1 Å². The van der Waals surface area contributed by atoms with Gasteiger partial charge in [-0.3, -0.25) is 4.79 Å². The first-order valence-corrected chi connectivity index (χ1v) is 13.9. The zero-order valence-corrected chi connectivity index (χ0v) is 24.1. The van der Waals surface area contributed by atoms with Gasteiger partial charge in [-0.05, 0) is 89.2 Å². The Morgan fingerprint density at radius 3 is 2.55 bits per heavy atom. The Hall–Kier alpha value is -2.10. The summed E-state index contributed by atoms with van der Waals surface area (Å²) in [4.78, 5) is 25.9. The van der Waals surface area contributed by atoms with Crippen molar-refractivity contribution in [1.82, 2.24) is 5.32 Å². The third-order valence-corrected chi connectivity index (χ3v) is 8.79. The molecule has 8 nitrogen and oxygen atoms in total. The average Bonchev–Trinajstić information content (AvgIpc) is 3.18. The van der Waals surface area contributed by atoms with Gasteiger partial charge in [-0.2, -0.15) is 0 Å². The third kappa shape index (κ3) is 5.61. The molecule has 4 fully saturated rings. The van der Waals surface area contributed by atoms with Gasteiger partial charge in [0.15, 0.2) is 0 Å². The average molecular weight is 529 g/mol. The first-order chi connectivity index (χ1) is 17.7. The molecule has 38 heavy (non-hydrogen) atoms. The smallest absolute Gasteiger partial charge is 0.482 e. The topological polar surface area (TPSA) is 103 Å². The van der Waals surface area contributed by atoms with E-state index < -0.39 is 36.3 Å². The molecule has 1 aliphatic heterocycles. The summed E-state index contributed by atoms with van der Waals surface area (Å²) in [6.45, 7) is 13.9. The molecule has 4 aliphatic rings. The van der Waals surface area contributed by atoms with E-state index in [1.54, 1.807) is 19.1 Å². The van der Waals surface area contributed by atoms with Gasteiger partial charge in [-0.25, -0.2) is 4.79 Å². The van der Waals surface area contributed by atoms with Gasteiger partial charge in [0, 0.05) is 6.42 Å². The molecule has 1 aromatic rings. The van der Waals surface area contributed by atoms with Gasteiger partial charge in [-0.1, -0.05) is 26.0 Å². The van der Waals surface area contributed by atoms with Crippen molar-refractivity contribution in [2.45, 2.75) is 110 Å². The predicted octanol–water partition coefficient (Wildman–Crippen LogP) is 4.11. The van der Waals surface area contributed by atoms with Crippen LogP contribution in [0, 0.1) is 17.3 Å². The molecule has 1 amide bonds. The van der Waals surface area contributed by atoms with Crippen molar-refractivity contribution in [2.24, 2.45) is 17.3 Å². The van der Waals surface area contributed by atoms with Crippen molar-refractivity contribution >= 4 is 19.0 Å². The fourth-order valence-electron chi connectivity index (χ4n) is 6.62. The monoisotopic (exact) mass is 529 g/mol. The van der Waals surface area contributed by atoms with E-state index >= 15 is 0 Å². The van der Waals surface area contributed by atoms with Crippen LogP contribution in [0.15, 0.2) is 18.2 Å². The lowest BCUT2D eigenvalue weighted by Gasteiger charge is -2.64. The maximum atomic E-state index is 12.9. The van der Waals surface area contributed by atoms with E-state index in [0.29, 0.717) is 36.0 Å². The molecule has 210 valence electrons. The van der Waals surface area contributed by atoms with E-state index in [1.807, 2.05) is 26.8 Å². The summed E-state index contributed by atoms with van der Waals surface area (Å²) in [6.07, 6.45) is 2.36. The number of aliphatic hydroxyl groups excluding tert-OH is 1. The molecule has 9 heteroatoms. The fraction of sp³-hybridized carbons (Fsp3) is 0.724. The van der Waals surface area contributed by atoms with Crippen LogP contribution in [0.1, 0.15) is 90.1 Å². The van der Waals surface area contributed by atoms with E-state index in [1.165, 1.54) is 7.11 Å². The summed E-state index contributed by atoms with van der Waals surface area (Å²) in [5, 5.41) is 12.8. The van der Waals surface area contributed by atoms with Crippen LogP contribution in [-0.4, -0.2) is 60.6 Å². The highest BCUT2D eigenvalue weighted by Crippen LogP contribution is 2.65.